The SMILES string of the molecule is O=C(O)COc1c(Cc2ccccc2)cc2cc(Cc3ccccc3)c(OCc3ccccc3F)cc2c1Br. The Kier molecular flexibility index (Phi) is 8.23. The molecule has 5 aromatic rings. The third kappa shape index (κ3) is 6.47. The van der Waals surface area contributed by atoms with Crippen molar-refractivity contribution in [1.82, 2.24) is 0 Å². The first-order valence-electron chi connectivity index (χ1n) is 12.5. The number of benzene rings is 5. The highest BCUT2D eigenvalue weighted by Crippen LogP contribution is 2.41. The Morgan fingerprint density at radius 2 is 1.33 bits per heavy atom. The van der Waals surface area contributed by atoms with Crippen LogP contribution in [-0.2, 0) is 24.2 Å². The van der Waals surface area contributed by atoms with Gasteiger partial charge in [0.2, 0.25) is 0 Å². The largest absolute Gasteiger partial charge is 0.488 e. The van der Waals surface area contributed by atoms with Gasteiger partial charge in [-0.1, -0.05) is 78.9 Å². The standard InChI is InChI=1S/C33H26BrFO4/c34-32-28-19-30(38-20-24-13-7-8-14-29(24)35)26(15-22-9-3-1-4-10-22)17-25(28)18-27(33(32)39-21-31(36)37)16-23-11-5-2-6-12-23/h1-14,17-19H,15-16,20-21H2,(H,36,37). The fourth-order valence-electron chi connectivity index (χ4n) is 4.57. The maximum absolute atomic E-state index is 14.3. The maximum atomic E-state index is 14.3. The van der Waals surface area contributed by atoms with Gasteiger partial charge in [0, 0.05) is 29.4 Å². The fraction of sp³-hybridized carbons (Fsp3) is 0.121. The Balaban J connectivity index is 1.61. The molecule has 1 N–H and O–H groups in total. The fourth-order valence-corrected chi connectivity index (χ4v) is 5.28. The lowest BCUT2D eigenvalue weighted by molar-refractivity contribution is -0.139. The lowest BCUT2D eigenvalue weighted by atomic mass is 9.96. The number of carbonyl (C=O) groups is 1. The van der Waals surface area contributed by atoms with E-state index >= 15 is 0 Å². The molecule has 0 saturated carbocycles. The molecule has 0 fully saturated rings. The van der Waals surface area contributed by atoms with E-state index in [9.17, 15) is 14.3 Å². The van der Waals surface area contributed by atoms with Crippen LogP contribution in [0.15, 0.2) is 108 Å². The molecule has 0 saturated heterocycles. The smallest absolute Gasteiger partial charge is 0.341 e. The molecule has 0 spiro atoms. The summed E-state index contributed by atoms with van der Waals surface area (Å²) in [6, 6.07) is 32.6. The van der Waals surface area contributed by atoms with Gasteiger partial charge < -0.3 is 14.6 Å². The first-order valence-corrected chi connectivity index (χ1v) is 13.3. The second kappa shape index (κ2) is 12.1. The molecular formula is C33H26BrFO4. The number of aliphatic carboxylic acids is 1. The molecule has 0 unspecified atom stereocenters. The molecule has 6 heteroatoms. The Morgan fingerprint density at radius 3 is 1.97 bits per heavy atom. The number of fused-ring (bicyclic) bond motifs is 1. The van der Waals surface area contributed by atoms with Crippen molar-refractivity contribution < 1.29 is 23.8 Å². The van der Waals surface area contributed by atoms with E-state index in [1.807, 2.05) is 60.7 Å². The van der Waals surface area contributed by atoms with Crippen molar-refractivity contribution in [1.29, 1.82) is 0 Å². The van der Waals surface area contributed by atoms with E-state index < -0.39 is 12.6 Å². The minimum absolute atomic E-state index is 0.0754. The lowest BCUT2D eigenvalue weighted by Gasteiger charge is -2.18. The van der Waals surface area contributed by atoms with Crippen LogP contribution in [0.1, 0.15) is 27.8 Å². The topological polar surface area (TPSA) is 55.8 Å². The number of rotatable bonds is 10. The molecule has 39 heavy (non-hydrogen) atoms. The zero-order valence-electron chi connectivity index (χ0n) is 21.1. The Morgan fingerprint density at radius 1 is 0.744 bits per heavy atom. The van der Waals surface area contributed by atoms with Crippen LogP contribution in [0.2, 0.25) is 0 Å². The number of hydrogen-bond donors (Lipinski definition) is 1. The number of hydrogen-bond acceptors (Lipinski definition) is 3. The van der Waals surface area contributed by atoms with Crippen LogP contribution in [0, 0.1) is 5.82 Å². The highest BCUT2D eigenvalue weighted by molar-refractivity contribution is 9.10. The van der Waals surface area contributed by atoms with Crippen LogP contribution in [0.4, 0.5) is 4.39 Å². The van der Waals surface area contributed by atoms with Crippen molar-refractivity contribution in [3.63, 3.8) is 0 Å². The van der Waals surface area contributed by atoms with Gasteiger partial charge in [0.1, 0.15) is 23.9 Å². The average molecular weight is 585 g/mol. The van der Waals surface area contributed by atoms with Crippen molar-refractivity contribution in [2.45, 2.75) is 19.4 Å². The number of carboxylic acids is 1. The van der Waals surface area contributed by atoms with Crippen LogP contribution >= 0.6 is 15.9 Å². The molecule has 0 aliphatic carbocycles. The van der Waals surface area contributed by atoms with E-state index in [2.05, 4.69) is 34.1 Å². The van der Waals surface area contributed by atoms with E-state index in [-0.39, 0.29) is 12.4 Å². The van der Waals surface area contributed by atoms with Crippen molar-refractivity contribution in [3.8, 4) is 11.5 Å². The summed E-state index contributed by atoms with van der Waals surface area (Å²) in [5.74, 6) is -0.279. The van der Waals surface area contributed by atoms with Crippen LogP contribution in [0.25, 0.3) is 10.8 Å². The van der Waals surface area contributed by atoms with Gasteiger partial charge in [0.25, 0.3) is 0 Å². The van der Waals surface area contributed by atoms with Gasteiger partial charge in [-0.2, -0.15) is 0 Å². The van der Waals surface area contributed by atoms with E-state index in [0.717, 1.165) is 33.0 Å². The third-order valence-corrected chi connectivity index (χ3v) is 7.23. The number of ether oxygens (including phenoxy) is 2. The molecule has 196 valence electrons. The molecule has 5 aromatic carbocycles. The van der Waals surface area contributed by atoms with Gasteiger partial charge in [0.05, 0.1) is 4.47 Å². The summed E-state index contributed by atoms with van der Waals surface area (Å²) in [7, 11) is 0. The van der Waals surface area contributed by atoms with Crippen LogP contribution in [0.5, 0.6) is 11.5 Å². The van der Waals surface area contributed by atoms with Gasteiger partial charge >= 0.3 is 5.97 Å². The normalized spacial score (nSPS) is 10.9. The summed E-state index contributed by atoms with van der Waals surface area (Å²) in [6.45, 7) is -0.388. The van der Waals surface area contributed by atoms with Gasteiger partial charge in [0.15, 0.2) is 6.61 Å². The molecule has 0 aromatic heterocycles. The molecule has 4 nitrogen and oxygen atoms in total. The summed E-state index contributed by atoms with van der Waals surface area (Å²) >= 11 is 3.70. The predicted octanol–water partition coefficient (Wildman–Crippen LogP) is 7.97. The van der Waals surface area contributed by atoms with E-state index in [4.69, 9.17) is 9.47 Å². The maximum Gasteiger partial charge on any atom is 0.341 e. The monoisotopic (exact) mass is 584 g/mol. The molecule has 0 atom stereocenters. The van der Waals surface area contributed by atoms with E-state index in [1.54, 1.807) is 18.2 Å². The van der Waals surface area contributed by atoms with Crippen molar-refractivity contribution in [2.75, 3.05) is 6.61 Å². The van der Waals surface area contributed by atoms with Crippen molar-refractivity contribution in [2.24, 2.45) is 0 Å². The summed E-state index contributed by atoms with van der Waals surface area (Å²) in [4.78, 5) is 11.3. The average Bonchev–Trinajstić information content (AvgIpc) is 2.94. The zero-order valence-corrected chi connectivity index (χ0v) is 22.7. The minimum atomic E-state index is -1.06. The second-order valence-electron chi connectivity index (χ2n) is 9.25. The predicted molar refractivity (Wildman–Crippen MR) is 154 cm³/mol. The van der Waals surface area contributed by atoms with Gasteiger partial charge in [-0.3, -0.25) is 0 Å². The molecule has 0 bridgehead atoms. The van der Waals surface area contributed by atoms with Crippen molar-refractivity contribution >= 4 is 32.7 Å². The van der Waals surface area contributed by atoms with E-state index in [0.29, 0.717) is 34.4 Å². The summed E-state index contributed by atoms with van der Waals surface area (Å²) in [5, 5.41) is 11.1. The molecule has 5 rings (SSSR count). The summed E-state index contributed by atoms with van der Waals surface area (Å²) in [5.41, 5.74) is 4.50. The highest BCUT2D eigenvalue weighted by atomic mass is 79.9. The molecule has 0 radical (unpaired) electrons. The molecule has 0 aliphatic heterocycles. The second-order valence-corrected chi connectivity index (χ2v) is 10.0. The third-order valence-electron chi connectivity index (χ3n) is 6.45. The number of halogens is 2. The first-order chi connectivity index (χ1) is 19.0. The van der Waals surface area contributed by atoms with Crippen LogP contribution < -0.4 is 9.47 Å². The van der Waals surface area contributed by atoms with Crippen LogP contribution in [0.3, 0.4) is 0 Å². The zero-order chi connectivity index (χ0) is 27.2. The Hall–Kier alpha value is -4.16. The molecule has 0 heterocycles. The number of carboxylic acid groups (broad SMARTS) is 1. The highest BCUT2D eigenvalue weighted by Gasteiger charge is 2.18. The Labute approximate surface area is 234 Å². The van der Waals surface area contributed by atoms with Crippen molar-refractivity contribution in [3.05, 3.63) is 141 Å². The van der Waals surface area contributed by atoms with Gasteiger partial charge in [-0.15, -0.1) is 0 Å². The lowest BCUT2D eigenvalue weighted by Crippen LogP contribution is -2.11. The summed E-state index contributed by atoms with van der Waals surface area (Å²) in [6.07, 6.45) is 1.20. The first kappa shape index (κ1) is 26.4. The molecular weight excluding hydrogens is 559 g/mol. The minimum Gasteiger partial charge on any atom is -0.488 e. The van der Waals surface area contributed by atoms with E-state index in [1.165, 1.54) is 6.07 Å². The van der Waals surface area contributed by atoms with Crippen LogP contribution in [-0.4, -0.2) is 17.7 Å². The quantitative estimate of drug-likeness (QED) is 0.181. The van der Waals surface area contributed by atoms with Gasteiger partial charge in [-0.05, 0) is 62.3 Å². The molecule has 0 aliphatic rings. The summed E-state index contributed by atoms with van der Waals surface area (Å²) < 4.78 is 27.0. The van der Waals surface area contributed by atoms with Gasteiger partial charge in [-0.25, -0.2) is 9.18 Å². The Bertz CT molecular complexity index is 1600. The molecule has 0 amide bonds.